The van der Waals surface area contributed by atoms with E-state index in [-0.39, 0.29) is 18.3 Å². The second-order valence-electron chi connectivity index (χ2n) is 10.7. The summed E-state index contributed by atoms with van der Waals surface area (Å²) in [5.74, 6) is -0.445. The summed E-state index contributed by atoms with van der Waals surface area (Å²) in [6.07, 6.45) is 2.95. The molecule has 0 spiro atoms. The summed E-state index contributed by atoms with van der Waals surface area (Å²) in [4.78, 5) is 37.5. The molecule has 40 heavy (non-hydrogen) atoms. The Morgan fingerprint density at radius 3 is 2.45 bits per heavy atom. The first-order chi connectivity index (χ1) is 19.1. The molecule has 0 saturated heterocycles. The first kappa shape index (κ1) is 28.8. The number of ether oxygens (including phenoxy) is 1. The zero-order valence-electron chi connectivity index (χ0n) is 24.2. The fourth-order valence-electron chi connectivity index (χ4n) is 4.73. The van der Waals surface area contributed by atoms with E-state index in [0.29, 0.717) is 11.2 Å². The van der Waals surface area contributed by atoms with E-state index < -0.39 is 5.97 Å². The predicted molar refractivity (Wildman–Crippen MR) is 163 cm³/mol. The molecule has 208 valence electrons. The number of carbonyl (C=O) groups excluding carboxylic acids is 2. The van der Waals surface area contributed by atoms with Crippen LogP contribution in [0.2, 0.25) is 0 Å². The zero-order valence-corrected chi connectivity index (χ0v) is 24.2. The molecule has 2 aromatic carbocycles. The number of aromatic amines is 1. The number of aromatic nitrogens is 2. The smallest absolute Gasteiger partial charge is 0.339 e. The number of esters is 1. The van der Waals surface area contributed by atoms with Crippen LogP contribution in [0.1, 0.15) is 35.3 Å². The van der Waals surface area contributed by atoms with Crippen molar-refractivity contribution in [1.82, 2.24) is 14.9 Å². The van der Waals surface area contributed by atoms with Crippen molar-refractivity contribution in [1.29, 1.82) is 0 Å². The molecule has 0 aliphatic heterocycles. The van der Waals surface area contributed by atoms with Crippen LogP contribution in [0.25, 0.3) is 33.4 Å². The van der Waals surface area contributed by atoms with Gasteiger partial charge in [0.05, 0.1) is 17.4 Å². The topological polar surface area (TPSA) is 78.5 Å². The molecular weight excluding hydrogens is 500 g/mol. The SMILES string of the molecule is C=CC(=O)Cc1cccc(-c2c(-c3ccc(N(C)CCN(C)C)cc3)[nH]c3ncc(C(=O)OC(C)C)cc23)c1C. The first-order valence-electron chi connectivity index (χ1n) is 13.5. The Hall–Kier alpha value is -4.23. The molecule has 0 aliphatic carbocycles. The molecule has 0 atom stereocenters. The number of fused-ring (bicyclic) bond motifs is 1. The zero-order chi connectivity index (χ0) is 29.0. The van der Waals surface area contributed by atoms with Gasteiger partial charge in [0.2, 0.25) is 0 Å². The minimum absolute atomic E-state index is 0.0336. The summed E-state index contributed by atoms with van der Waals surface area (Å²) in [7, 11) is 6.23. The fourth-order valence-corrected chi connectivity index (χ4v) is 4.73. The highest BCUT2D eigenvalue weighted by Crippen LogP contribution is 2.40. The number of likely N-dealkylation sites (N-methyl/N-ethyl adjacent to an activating group) is 2. The van der Waals surface area contributed by atoms with Crippen LogP contribution in [0.4, 0.5) is 5.69 Å². The molecular formula is C33H38N4O3. The number of H-pyrrole nitrogens is 1. The summed E-state index contributed by atoms with van der Waals surface area (Å²) in [5.41, 5.74) is 7.91. The highest BCUT2D eigenvalue weighted by molar-refractivity contribution is 6.06. The number of carbonyl (C=O) groups is 2. The molecule has 0 radical (unpaired) electrons. The van der Waals surface area contributed by atoms with Crippen molar-refractivity contribution in [2.24, 2.45) is 0 Å². The van der Waals surface area contributed by atoms with Crippen molar-refractivity contribution in [2.75, 3.05) is 39.1 Å². The lowest BCUT2D eigenvalue weighted by molar-refractivity contribution is -0.114. The lowest BCUT2D eigenvalue weighted by Crippen LogP contribution is -2.28. The van der Waals surface area contributed by atoms with Gasteiger partial charge in [-0.2, -0.15) is 0 Å². The highest BCUT2D eigenvalue weighted by Gasteiger charge is 2.21. The maximum absolute atomic E-state index is 12.8. The van der Waals surface area contributed by atoms with Crippen LogP contribution in [0.5, 0.6) is 0 Å². The van der Waals surface area contributed by atoms with Gasteiger partial charge in [0.15, 0.2) is 5.78 Å². The van der Waals surface area contributed by atoms with Crippen molar-refractivity contribution >= 4 is 28.5 Å². The molecule has 0 amide bonds. The van der Waals surface area contributed by atoms with Gasteiger partial charge in [0.1, 0.15) is 5.65 Å². The summed E-state index contributed by atoms with van der Waals surface area (Å²) in [6, 6.07) is 16.3. The largest absolute Gasteiger partial charge is 0.459 e. The maximum atomic E-state index is 12.8. The van der Waals surface area contributed by atoms with Crippen LogP contribution in [-0.4, -0.2) is 67.0 Å². The molecule has 0 unspecified atom stereocenters. The van der Waals surface area contributed by atoms with E-state index in [1.54, 1.807) is 6.20 Å². The van der Waals surface area contributed by atoms with Crippen molar-refractivity contribution in [2.45, 2.75) is 33.3 Å². The van der Waals surface area contributed by atoms with E-state index in [1.807, 2.05) is 45.0 Å². The van der Waals surface area contributed by atoms with Crippen LogP contribution in [0.3, 0.4) is 0 Å². The maximum Gasteiger partial charge on any atom is 0.339 e. The predicted octanol–water partition coefficient (Wildman–Crippen LogP) is 6.07. The Labute approximate surface area is 236 Å². The van der Waals surface area contributed by atoms with Gasteiger partial charge in [-0.05, 0) is 81.4 Å². The molecule has 0 bridgehead atoms. The molecule has 2 heterocycles. The van der Waals surface area contributed by atoms with Gasteiger partial charge >= 0.3 is 5.97 Å². The summed E-state index contributed by atoms with van der Waals surface area (Å²) >= 11 is 0. The standard InChI is InChI=1S/C33H38N4O3/c1-8-27(38)18-24-10-9-11-28(22(24)4)30-29-19-25(33(39)40-21(2)3)20-34-32(29)35-31(30)23-12-14-26(15-13-23)37(7)17-16-36(5)6/h8-15,19-21H,1,16-18H2,2-7H3,(H,34,35). The van der Waals surface area contributed by atoms with Crippen molar-refractivity contribution in [3.63, 3.8) is 0 Å². The van der Waals surface area contributed by atoms with Gasteiger partial charge in [-0.25, -0.2) is 9.78 Å². The number of ketones is 1. The minimum Gasteiger partial charge on any atom is -0.459 e. The second kappa shape index (κ2) is 12.3. The van der Waals surface area contributed by atoms with Crippen LogP contribution >= 0.6 is 0 Å². The Bertz CT molecular complexity index is 1530. The second-order valence-corrected chi connectivity index (χ2v) is 10.7. The molecule has 7 nitrogen and oxygen atoms in total. The number of hydrogen-bond donors (Lipinski definition) is 1. The van der Waals surface area contributed by atoms with Crippen LogP contribution in [0, 0.1) is 6.92 Å². The Morgan fingerprint density at radius 2 is 1.80 bits per heavy atom. The number of nitrogens with one attached hydrogen (secondary N) is 1. The molecule has 2 aromatic heterocycles. The molecule has 7 heteroatoms. The van der Waals surface area contributed by atoms with E-state index in [9.17, 15) is 9.59 Å². The van der Waals surface area contributed by atoms with E-state index >= 15 is 0 Å². The first-order valence-corrected chi connectivity index (χ1v) is 13.5. The van der Waals surface area contributed by atoms with Gasteiger partial charge in [-0.1, -0.05) is 36.9 Å². The average Bonchev–Trinajstić information content (AvgIpc) is 3.31. The molecule has 0 aliphatic rings. The van der Waals surface area contributed by atoms with E-state index in [0.717, 1.165) is 57.7 Å². The van der Waals surface area contributed by atoms with Crippen LogP contribution in [0.15, 0.2) is 67.4 Å². The number of allylic oxidation sites excluding steroid dienone is 1. The lowest BCUT2D eigenvalue weighted by Gasteiger charge is -2.21. The normalized spacial score (nSPS) is 11.3. The van der Waals surface area contributed by atoms with Gasteiger partial charge in [0, 0.05) is 49.4 Å². The van der Waals surface area contributed by atoms with Crippen molar-refractivity contribution < 1.29 is 14.3 Å². The summed E-state index contributed by atoms with van der Waals surface area (Å²) in [5, 5.41) is 0.815. The molecule has 4 aromatic rings. The van der Waals surface area contributed by atoms with Gasteiger partial charge < -0.3 is 19.5 Å². The van der Waals surface area contributed by atoms with Crippen molar-refractivity contribution in [3.8, 4) is 22.4 Å². The minimum atomic E-state index is -0.412. The molecule has 0 fully saturated rings. The number of rotatable bonds is 11. The number of nitrogens with zero attached hydrogens (tertiary/aromatic N) is 3. The van der Waals surface area contributed by atoms with E-state index in [1.165, 1.54) is 6.08 Å². The van der Waals surface area contributed by atoms with Crippen molar-refractivity contribution in [3.05, 3.63) is 84.1 Å². The third-order valence-corrected chi connectivity index (χ3v) is 7.02. The van der Waals surface area contributed by atoms with Crippen LogP contribution < -0.4 is 4.90 Å². The Balaban J connectivity index is 1.87. The van der Waals surface area contributed by atoms with E-state index in [4.69, 9.17) is 4.74 Å². The Morgan fingerprint density at radius 1 is 1.07 bits per heavy atom. The number of pyridine rings is 1. The molecule has 4 rings (SSSR count). The molecule has 0 saturated carbocycles. The lowest BCUT2D eigenvalue weighted by atomic mass is 9.91. The summed E-state index contributed by atoms with van der Waals surface area (Å²) < 4.78 is 5.45. The number of anilines is 1. The number of hydrogen-bond acceptors (Lipinski definition) is 6. The van der Waals surface area contributed by atoms with Gasteiger partial charge in [-0.3, -0.25) is 4.79 Å². The quantitative estimate of drug-likeness (QED) is 0.185. The third-order valence-electron chi connectivity index (χ3n) is 7.02. The fraction of sp³-hybridized carbons (Fsp3) is 0.303. The van der Waals surface area contributed by atoms with E-state index in [2.05, 4.69) is 71.8 Å². The Kier molecular flexibility index (Phi) is 8.85. The number of benzene rings is 2. The van der Waals surface area contributed by atoms with Gasteiger partial charge in [-0.15, -0.1) is 0 Å². The monoisotopic (exact) mass is 538 g/mol. The van der Waals surface area contributed by atoms with Crippen LogP contribution in [-0.2, 0) is 16.0 Å². The molecule has 1 N–H and O–H groups in total. The highest BCUT2D eigenvalue weighted by atomic mass is 16.5. The average molecular weight is 539 g/mol. The third kappa shape index (κ3) is 6.32. The van der Waals surface area contributed by atoms with Gasteiger partial charge in [0.25, 0.3) is 0 Å². The summed E-state index contributed by atoms with van der Waals surface area (Å²) in [6.45, 7) is 11.2.